The second kappa shape index (κ2) is 10.7. The summed E-state index contributed by atoms with van der Waals surface area (Å²) in [5, 5.41) is 19.1. The zero-order chi connectivity index (χ0) is 28.6. The van der Waals surface area contributed by atoms with Gasteiger partial charge >= 0.3 is 0 Å². The molecule has 4 aromatic heterocycles. The average Bonchev–Trinajstić information content (AvgIpc) is 3.40. The van der Waals surface area contributed by atoms with Crippen LogP contribution in [0.1, 0.15) is 42.6 Å². The van der Waals surface area contributed by atoms with Crippen LogP contribution in [0, 0.1) is 0 Å². The van der Waals surface area contributed by atoms with E-state index in [1.165, 1.54) is 0 Å². The van der Waals surface area contributed by atoms with Gasteiger partial charge in [-0.2, -0.15) is 5.10 Å². The van der Waals surface area contributed by atoms with Gasteiger partial charge in [-0.15, -0.1) is 0 Å². The Bertz CT molecular complexity index is 1860. The molecule has 0 aliphatic heterocycles. The second-order valence-corrected chi connectivity index (χ2v) is 10.7. The van der Waals surface area contributed by atoms with Crippen LogP contribution >= 0.6 is 11.6 Å². The number of pyridine rings is 2. The first-order chi connectivity index (χ1) is 19.7. The molecule has 0 saturated heterocycles. The molecule has 204 valence electrons. The Kier molecular flexibility index (Phi) is 6.90. The van der Waals surface area contributed by atoms with E-state index in [1.807, 2.05) is 66.7 Å². The van der Waals surface area contributed by atoms with Crippen molar-refractivity contribution < 1.29 is 5.11 Å². The summed E-state index contributed by atoms with van der Waals surface area (Å²) in [4.78, 5) is 23.4. The topological polar surface area (TPSA) is 139 Å². The summed E-state index contributed by atoms with van der Waals surface area (Å²) in [5.41, 5.74) is 11.0. The van der Waals surface area contributed by atoms with E-state index >= 15 is 0 Å². The zero-order valence-electron chi connectivity index (χ0n) is 22.5. The van der Waals surface area contributed by atoms with Gasteiger partial charge in [0.15, 0.2) is 5.82 Å². The highest BCUT2D eigenvalue weighted by Gasteiger charge is 2.20. The number of anilines is 1. The summed E-state index contributed by atoms with van der Waals surface area (Å²) >= 11 is 6.64. The summed E-state index contributed by atoms with van der Waals surface area (Å²) in [6, 6.07) is 23.0. The van der Waals surface area contributed by atoms with E-state index in [4.69, 9.17) is 27.3 Å². The monoisotopic (exact) mass is 562 g/mol. The van der Waals surface area contributed by atoms with Crippen LogP contribution in [-0.4, -0.2) is 40.2 Å². The van der Waals surface area contributed by atoms with E-state index in [2.05, 4.69) is 25.1 Å². The molecule has 0 aliphatic rings. The van der Waals surface area contributed by atoms with Crippen LogP contribution in [0.15, 0.2) is 79.0 Å². The number of aromatic amines is 1. The molecule has 0 saturated carbocycles. The van der Waals surface area contributed by atoms with Crippen molar-refractivity contribution in [2.75, 3.05) is 5.73 Å². The van der Waals surface area contributed by atoms with Crippen molar-refractivity contribution in [3.05, 3.63) is 113 Å². The highest BCUT2D eigenvalue weighted by molar-refractivity contribution is 6.35. The van der Waals surface area contributed by atoms with Crippen molar-refractivity contribution >= 4 is 28.3 Å². The highest BCUT2D eigenvalue weighted by atomic mass is 35.5. The summed E-state index contributed by atoms with van der Waals surface area (Å²) < 4.78 is 0. The van der Waals surface area contributed by atoms with E-state index in [9.17, 15) is 5.11 Å². The lowest BCUT2D eigenvalue weighted by molar-refractivity contribution is 0.0736. The Morgan fingerprint density at radius 3 is 2.46 bits per heavy atom. The van der Waals surface area contributed by atoms with Gasteiger partial charge in [0.25, 0.3) is 0 Å². The molecule has 10 heteroatoms. The van der Waals surface area contributed by atoms with Gasteiger partial charge in [0, 0.05) is 34.8 Å². The van der Waals surface area contributed by atoms with E-state index in [0.717, 1.165) is 27.7 Å². The molecule has 9 nitrogen and oxygen atoms in total. The van der Waals surface area contributed by atoms with Gasteiger partial charge in [-0.1, -0.05) is 54.1 Å². The number of hydrogen-bond acceptors (Lipinski definition) is 8. The fraction of sp³-hybridized carbons (Fsp3) is 0.161. The van der Waals surface area contributed by atoms with Crippen LogP contribution in [0.4, 0.5) is 5.82 Å². The van der Waals surface area contributed by atoms with Gasteiger partial charge < -0.3 is 10.8 Å². The smallest absolute Gasteiger partial charge is 0.156 e. The van der Waals surface area contributed by atoms with Crippen LogP contribution in [-0.2, 0) is 18.4 Å². The molecule has 0 fully saturated rings. The predicted molar refractivity (Wildman–Crippen MR) is 159 cm³/mol. The maximum Gasteiger partial charge on any atom is 0.156 e. The maximum absolute atomic E-state index is 10.3. The molecule has 2 aromatic carbocycles. The molecule has 0 aliphatic carbocycles. The molecule has 4 heterocycles. The molecule has 0 spiro atoms. The Balaban J connectivity index is 1.36. The third-order valence-corrected chi connectivity index (χ3v) is 6.95. The number of nitrogen functional groups attached to an aromatic ring is 1. The lowest BCUT2D eigenvalue weighted by Gasteiger charge is -2.16. The highest BCUT2D eigenvalue weighted by Crippen LogP contribution is 2.35. The number of H-pyrrole nitrogens is 1. The Hall–Kier alpha value is -4.73. The van der Waals surface area contributed by atoms with Gasteiger partial charge in [0.1, 0.15) is 17.2 Å². The van der Waals surface area contributed by atoms with Gasteiger partial charge in [0.2, 0.25) is 0 Å². The molecule has 6 rings (SSSR count). The molecular formula is C31H27ClN8O. The molecule has 0 radical (unpaired) electrons. The zero-order valence-corrected chi connectivity index (χ0v) is 23.3. The molecule has 0 bridgehead atoms. The third kappa shape index (κ3) is 5.63. The number of rotatable bonds is 7. The van der Waals surface area contributed by atoms with Crippen molar-refractivity contribution in [3.8, 4) is 22.5 Å². The standard InChI is InChI=1S/C31H27ClN8O/c1-31(2,41)24-12-6-11-21(35-24)16-25-37-26(40-39-25)17-23-30(33)38-28(18-8-4-3-5-9-18)29(36-23)20-14-19-10-7-13-34-27(19)22(32)15-20/h3-15,41H,16-17H2,1-2H3,(H2,33,38)(H,37,39,40). The number of nitrogens with zero attached hydrogens (tertiary/aromatic N) is 6. The first kappa shape index (κ1) is 26.5. The first-order valence-corrected chi connectivity index (χ1v) is 13.5. The minimum atomic E-state index is -1.03. The third-order valence-electron chi connectivity index (χ3n) is 6.66. The summed E-state index contributed by atoms with van der Waals surface area (Å²) in [7, 11) is 0. The van der Waals surface area contributed by atoms with Gasteiger partial charge in [-0.3, -0.25) is 15.1 Å². The van der Waals surface area contributed by atoms with Crippen LogP contribution in [0.2, 0.25) is 5.02 Å². The van der Waals surface area contributed by atoms with E-state index in [0.29, 0.717) is 51.7 Å². The fourth-order valence-corrected chi connectivity index (χ4v) is 4.90. The van der Waals surface area contributed by atoms with Crippen molar-refractivity contribution in [2.45, 2.75) is 32.3 Å². The lowest BCUT2D eigenvalue weighted by atomic mass is 10.0. The summed E-state index contributed by atoms with van der Waals surface area (Å²) in [5.74, 6) is 1.47. The molecule has 0 unspecified atom stereocenters. The van der Waals surface area contributed by atoms with E-state index < -0.39 is 5.60 Å². The first-order valence-electron chi connectivity index (χ1n) is 13.1. The number of benzene rings is 2. The Labute approximate surface area is 241 Å². The summed E-state index contributed by atoms with van der Waals surface area (Å²) in [6.45, 7) is 3.41. The number of nitrogens with one attached hydrogen (secondary N) is 1. The van der Waals surface area contributed by atoms with Crippen LogP contribution in [0.5, 0.6) is 0 Å². The minimum absolute atomic E-state index is 0.275. The SMILES string of the molecule is CC(C)(O)c1cccc(Cc2nc(Cc3nc(-c4cc(Cl)c5ncccc5c4)c(-c4ccccc4)nc3N)n[nH]2)n1. The van der Waals surface area contributed by atoms with Crippen LogP contribution < -0.4 is 5.73 Å². The van der Waals surface area contributed by atoms with Crippen molar-refractivity contribution in [1.29, 1.82) is 0 Å². The fourth-order valence-electron chi connectivity index (χ4n) is 4.63. The number of nitrogens with two attached hydrogens (primary N) is 1. The molecule has 41 heavy (non-hydrogen) atoms. The van der Waals surface area contributed by atoms with Gasteiger partial charge in [0.05, 0.1) is 39.7 Å². The van der Waals surface area contributed by atoms with Crippen molar-refractivity contribution in [3.63, 3.8) is 0 Å². The quantitative estimate of drug-likeness (QED) is 0.231. The predicted octanol–water partition coefficient (Wildman–Crippen LogP) is 5.52. The Morgan fingerprint density at radius 1 is 0.854 bits per heavy atom. The van der Waals surface area contributed by atoms with Gasteiger partial charge in [-0.25, -0.2) is 15.0 Å². The van der Waals surface area contributed by atoms with Crippen molar-refractivity contribution in [2.24, 2.45) is 0 Å². The normalized spacial score (nSPS) is 11.7. The number of aromatic nitrogens is 7. The molecule has 0 amide bonds. The lowest BCUT2D eigenvalue weighted by Crippen LogP contribution is -2.18. The van der Waals surface area contributed by atoms with Gasteiger partial charge in [-0.05, 0) is 44.2 Å². The molecule has 6 aromatic rings. The minimum Gasteiger partial charge on any atom is -0.384 e. The number of aliphatic hydroxyl groups is 1. The van der Waals surface area contributed by atoms with Crippen LogP contribution in [0.3, 0.4) is 0 Å². The maximum atomic E-state index is 10.3. The number of hydrogen-bond donors (Lipinski definition) is 3. The number of fused-ring (bicyclic) bond motifs is 1. The second-order valence-electron chi connectivity index (χ2n) is 10.3. The summed E-state index contributed by atoms with van der Waals surface area (Å²) in [6.07, 6.45) is 2.42. The average molecular weight is 563 g/mol. The molecule has 4 N–H and O–H groups in total. The van der Waals surface area contributed by atoms with E-state index in [1.54, 1.807) is 26.1 Å². The molecular weight excluding hydrogens is 536 g/mol. The largest absolute Gasteiger partial charge is 0.384 e. The number of halogens is 1. The van der Waals surface area contributed by atoms with Crippen LogP contribution in [0.25, 0.3) is 33.4 Å². The van der Waals surface area contributed by atoms with Crippen molar-refractivity contribution in [1.82, 2.24) is 35.1 Å². The van der Waals surface area contributed by atoms with E-state index in [-0.39, 0.29) is 6.42 Å². The molecule has 0 atom stereocenters. The Morgan fingerprint density at radius 2 is 1.66 bits per heavy atom.